The predicted octanol–water partition coefficient (Wildman–Crippen LogP) is 4.35. The predicted molar refractivity (Wildman–Crippen MR) is 116 cm³/mol. The zero-order valence-electron chi connectivity index (χ0n) is 18.0. The number of fused-ring (bicyclic) bond motifs is 1. The summed E-state index contributed by atoms with van der Waals surface area (Å²) in [6.45, 7) is 10.4. The van der Waals surface area contributed by atoms with E-state index in [0.717, 1.165) is 55.6 Å². The summed E-state index contributed by atoms with van der Waals surface area (Å²) in [4.78, 5) is 32.6. The quantitative estimate of drug-likeness (QED) is 0.756. The van der Waals surface area contributed by atoms with E-state index in [1.54, 1.807) is 0 Å². The molecule has 2 aromatic rings. The maximum Gasteiger partial charge on any atom is 0.289 e. The second kappa shape index (κ2) is 9.25. The van der Waals surface area contributed by atoms with Crippen molar-refractivity contribution in [3.05, 3.63) is 46.5 Å². The van der Waals surface area contributed by atoms with Gasteiger partial charge in [-0.3, -0.25) is 9.59 Å². The minimum Gasteiger partial charge on any atom is -0.336 e. The lowest BCUT2D eigenvalue weighted by atomic mass is 10.1. The molecule has 3 rings (SSSR count). The lowest BCUT2D eigenvalue weighted by Gasteiger charge is -2.23. The van der Waals surface area contributed by atoms with Crippen molar-refractivity contribution in [3.63, 3.8) is 0 Å². The van der Waals surface area contributed by atoms with Crippen LogP contribution in [-0.4, -0.2) is 39.4 Å². The van der Waals surface area contributed by atoms with Crippen molar-refractivity contribution in [2.24, 2.45) is 0 Å². The highest BCUT2D eigenvalue weighted by Crippen LogP contribution is 2.24. The molecular formula is C23H32N4O2. The second-order valence-corrected chi connectivity index (χ2v) is 7.88. The summed E-state index contributed by atoms with van der Waals surface area (Å²) in [5.74, 6) is 0.101. The van der Waals surface area contributed by atoms with Crippen LogP contribution in [0.5, 0.6) is 0 Å². The number of nitrogens with zero attached hydrogens (tertiary/aromatic N) is 3. The average Bonchev–Trinajstić information content (AvgIpc) is 3.10. The Balaban J connectivity index is 1.92. The summed E-state index contributed by atoms with van der Waals surface area (Å²) in [5.41, 5.74) is 4.33. The molecule has 0 saturated heterocycles. The molecule has 1 aromatic heterocycles. The van der Waals surface area contributed by atoms with E-state index >= 15 is 0 Å². The summed E-state index contributed by atoms with van der Waals surface area (Å²) in [7, 11) is 0. The Morgan fingerprint density at radius 3 is 2.48 bits per heavy atom. The Morgan fingerprint density at radius 2 is 1.83 bits per heavy atom. The summed E-state index contributed by atoms with van der Waals surface area (Å²) >= 11 is 0. The highest BCUT2D eigenvalue weighted by atomic mass is 16.2. The second-order valence-electron chi connectivity index (χ2n) is 7.88. The standard InChI is InChI=1S/C23H32N4O2/c1-5-12-26(13-6-2)23(29)21-25-20(19-9-7-8-14-27(19)21)22(28)24-18-11-10-16(3)17(4)15-18/h10-11,15H,5-9,12-14H2,1-4H3,(H,24,28). The van der Waals surface area contributed by atoms with Crippen LogP contribution in [0, 0.1) is 13.8 Å². The minimum absolute atomic E-state index is 0.0675. The first kappa shape index (κ1) is 21.1. The smallest absolute Gasteiger partial charge is 0.289 e. The van der Waals surface area contributed by atoms with Gasteiger partial charge in [0.05, 0.1) is 5.69 Å². The number of anilines is 1. The number of nitrogens with one attached hydrogen (secondary N) is 1. The van der Waals surface area contributed by atoms with Gasteiger partial charge in [0.1, 0.15) is 0 Å². The van der Waals surface area contributed by atoms with Crippen LogP contribution < -0.4 is 5.32 Å². The van der Waals surface area contributed by atoms with Crippen molar-refractivity contribution < 1.29 is 9.59 Å². The van der Waals surface area contributed by atoms with E-state index in [1.807, 2.05) is 41.5 Å². The Hall–Kier alpha value is -2.63. The molecule has 156 valence electrons. The first-order chi connectivity index (χ1) is 14.0. The molecule has 0 saturated carbocycles. The maximum absolute atomic E-state index is 13.2. The fourth-order valence-corrected chi connectivity index (χ4v) is 3.89. The molecule has 0 radical (unpaired) electrons. The molecule has 6 heteroatoms. The third-order valence-electron chi connectivity index (χ3n) is 5.56. The van der Waals surface area contributed by atoms with E-state index in [9.17, 15) is 9.59 Å². The van der Waals surface area contributed by atoms with Gasteiger partial charge in [0.15, 0.2) is 11.5 Å². The van der Waals surface area contributed by atoms with Gasteiger partial charge in [0, 0.05) is 25.3 Å². The molecule has 0 unspecified atom stereocenters. The Morgan fingerprint density at radius 1 is 1.10 bits per heavy atom. The van der Waals surface area contributed by atoms with E-state index in [4.69, 9.17) is 0 Å². The molecule has 1 aromatic carbocycles. The monoisotopic (exact) mass is 396 g/mol. The number of amides is 2. The van der Waals surface area contributed by atoms with E-state index < -0.39 is 0 Å². The van der Waals surface area contributed by atoms with Crippen LogP contribution in [0.15, 0.2) is 18.2 Å². The molecule has 2 heterocycles. The van der Waals surface area contributed by atoms with Crippen molar-refractivity contribution in [1.29, 1.82) is 0 Å². The summed E-state index contributed by atoms with van der Waals surface area (Å²) in [6.07, 6.45) is 4.59. The molecule has 1 N–H and O–H groups in total. The summed E-state index contributed by atoms with van der Waals surface area (Å²) < 4.78 is 1.97. The van der Waals surface area contributed by atoms with Crippen molar-refractivity contribution in [1.82, 2.24) is 14.5 Å². The molecule has 1 aliphatic rings. The lowest BCUT2D eigenvalue weighted by molar-refractivity contribution is 0.0737. The number of aromatic nitrogens is 2. The number of rotatable bonds is 7. The summed E-state index contributed by atoms with van der Waals surface area (Å²) in [5, 5.41) is 2.97. The van der Waals surface area contributed by atoms with Gasteiger partial charge in [-0.15, -0.1) is 0 Å². The molecule has 6 nitrogen and oxygen atoms in total. The number of imidazole rings is 1. The molecule has 0 bridgehead atoms. The van der Waals surface area contributed by atoms with Crippen molar-refractivity contribution in [3.8, 4) is 0 Å². The van der Waals surface area contributed by atoms with Crippen LogP contribution in [-0.2, 0) is 13.0 Å². The number of hydrogen-bond acceptors (Lipinski definition) is 3. The Kier molecular flexibility index (Phi) is 6.72. The molecule has 0 fully saturated rings. The number of carbonyl (C=O) groups is 2. The number of aryl methyl sites for hydroxylation is 2. The first-order valence-corrected chi connectivity index (χ1v) is 10.7. The van der Waals surface area contributed by atoms with Gasteiger partial charge in [0.2, 0.25) is 0 Å². The van der Waals surface area contributed by atoms with E-state index in [-0.39, 0.29) is 11.8 Å². The molecule has 0 aliphatic carbocycles. The van der Waals surface area contributed by atoms with Crippen molar-refractivity contribution in [2.45, 2.75) is 66.3 Å². The van der Waals surface area contributed by atoms with Gasteiger partial charge < -0.3 is 14.8 Å². The third-order valence-corrected chi connectivity index (χ3v) is 5.56. The molecular weight excluding hydrogens is 364 g/mol. The topological polar surface area (TPSA) is 67.2 Å². The molecule has 0 atom stereocenters. The van der Waals surface area contributed by atoms with Gasteiger partial charge in [-0.2, -0.15) is 0 Å². The van der Waals surface area contributed by atoms with Crippen LogP contribution in [0.3, 0.4) is 0 Å². The molecule has 2 amide bonds. The Bertz CT molecular complexity index is 895. The SMILES string of the molecule is CCCN(CCC)C(=O)c1nc(C(=O)Nc2ccc(C)c(C)c2)c2n1CCCC2. The molecule has 0 spiro atoms. The third kappa shape index (κ3) is 4.52. The Labute approximate surface area is 173 Å². The fourth-order valence-electron chi connectivity index (χ4n) is 3.89. The fraction of sp³-hybridized carbons (Fsp3) is 0.522. The van der Waals surface area contributed by atoms with Gasteiger partial charge in [-0.25, -0.2) is 4.98 Å². The highest BCUT2D eigenvalue weighted by Gasteiger charge is 2.29. The minimum atomic E-state index is -0.240. The van der Waals surface area contributed by atoms with Gasteiger partial charge in [-0.1, -0.05) is 19.9 Å². The van der Waals surface area contributed by atoms with Gasteiger partial charge in [-0.05, 0) is 69.2 Å². The van der Waals surface area contributed by atoms with Gasteiger partial charge >= 0.3 is 0 Å². The normalized spacial score (nSPS) is 13.1. The van der Waals surface area contributed by atoms with Crippen LogP contribution in [0.1, 0.15) is 77.5 Å². The van der Waals surface area contributed by atoms with Crippen LogP contribution >= 0.6 is 0 Å². The maximum atomic E-state index is 13.2. The molecule has 1 aliphatic heterocycles. The van der Waals surface area contributed by atoms with E-state index in [0.29, 0.717) is 24.6 Å². The van der Waals surface area contributed by atoms with Crippen LogP contribution in [0.4, 0.5) is 5.69 Å². The van der Waals surface area contributed by atoms with Crippen LogP contribution in [0.2, 0.25) is 0 Å². The number of hydrogen-bond donors (Lipinski definition) is 1. The highest BCUT2D eigenvalue weighted by molar-refractivity contribution is 6.05. The number of carbonyl (C=O) groups excluding carboxylic acids is 2. The first-order valence-electron chi connectivity index (χ1n) is 10.7. The number of benzene rings is 1. The van der Waals surface area contributed by atoms with E-state index in [2.05, 4.69) is 24.1 Å². The summed E-state index contributed by atoms with van der Waals surface area (Å²) in [6, 6.07) is 5.86. The van der Waals surface area contributed by atoms with Crippen molar-refractivity contribution in [2.75, 3.05) is 18.4 Å². The largest absolute Gasteiger partial charge is 0.336 e. The lowest BCUT2D eigenvalue weighted by Crippen LogP contribution is -2.35. The molecule has 29 heavy (non-hydrogen) atoms. The van der Waals surface area contributed by atoms with Gasteiger partial charge in [0.25, 0.3) is 11.8 Å². The van der Waals surface area contributed by atoms with E-state index in [1.165, 1.54) is 5.56 Å². The van der Waals surface area contributed by atoms with Crippen LogP contribution in [0.25, 0.3) is 0 Å². The zero-order valence-corrected chi connectivity index (χ0v) is 18.0. The zero-order chi connectivity index (χ0) is 21.0. The average molecular weight is 397 g/mol. The van der Waals surface area contributed by atoms with Crippen molar-refractivity contribution >= 4 is 17.5 Å².